The maximum absolute atomic E-state index is 14.2. The lowest BCUT2D eigenvalue weighted by Gasteiger charge is -2.33. The van der Waals surface area contributed by atoms with Gasteiger partial charge in [-0.25, -0.2) is 27.5 Å². The van der Waals surface area contributed by atoms with E-state index in [2.05, 4.69) is 34.2 Å². The zero-order chi connectivity index (χ0) is 38.5. The molecule has 0 amide bonds. The molecule has 0 radical (unpaired) electrons. The quantitative estimate of drug-likeness (QED) is 0.151. The number of hydrogen-bond acceptors (Lipinski definition) is 4. The summed E-state index contributed by atoms with van der Waals surface area (Å²) in [4.78, 5) is 8.51. The molecule has 2 aromatic carbocycles. The van der Waals surface area contributed by atoms with Crippen molar-refractivity contribution >= 4 is 11.0 Å². The van der Waals surface area contributed by atoms with Crippen molar-refractivity contribution in [3.05, 3.63) is 143 Å². The summed E-state index contributed by atoms with van der Waals surface area (Å²) in [6.45, 7) is 0. The first kappa shape index (κ1) is 37.1. The molecule has 0 spiro atoms. The minimum atomic E-state index is -0.777. The Bertz CT molecular complexity index is 2170. The van der Waals surface area contributed by atoms with Crippen molar-refractivity contribution in [1.29, 1.82) is 0 Å². The summed E-state index contributed by atoms with van der Waals surface area (Å²) in [5.41, 5.74) is 7.35. The van der Waals surface area contributed by atoms with Crippen LogP contribution in [0.25, 0.3) is 11.0 Å². The van der Waals surface area contributed by atoms with Crippen LogP contribution in [0.1, 0.15) is 147 Å². The summed E-state index contributed by atoms with van der Waals surface area (Å²) < 4.78 is 59.5. The van der Waals surface area contributed by atoms with Crippen LogP contribution in [0.3, 0.4) is 0 Å². The van der Waals surface area contributed by atoms with Crippen LogP contribution in [0.2, 0.25) is 0 Å². The standard InChI is InChI=1S/2C23H24F2N2O/c2*24-20-3-1-2-18(21(20)25)14-6-8-16(9-7-14)23(28)22-19(15-4-5-15)11-10-17-12-26-13-27(17)22/h2*1-3,10-16,23,28H,4-9H2/t2*14?,16?,23-/m10/s1. The van der Waals surface area contributed by atoms with Crippen LogP contribution in [0, 0.1) is 35.1 Å². The van der Waals surface area contributed by atoms with Gasteiger partial charge in [0, 0.05) is 0 Å². The number of aliphatic hydroxyl groups is 2. The highest BCUT2D eigenvalue weighted by Crippen LogP contribution is 2.49. The van der Waals surface area contributed by atoms with Gasteiger partial charge in [-0.15, -0.1) is 0 Å². The predicted octanol–water partition coefficient (Wildman–Crippen LogP) is 11.0. The zero-order valence-electron chi connectivity index (χ0n) is 31.4. The smallest absolute Gasteiger partial charge is 0.162 e. The number of halogens is 4. The molecule has 6 aromatic rings. The Balaban J connectivity index is 0.000000146. The number of benzene rings is 2. The molecule has 0 aliphatic heterocycles. The monoisotopic (exact) mass is 764 g/mol. The molecule has 0 saturated heterocycles. The molecule has 10 heteroatoms. The normalized spacial score (nSPS) is 23.8. The van der Waals surface area contributed by atoms with Crippen LogP contribution in [0.5, 0.6) is 0 Å². The van der Waals surface area contributed by atoms with E-state index in [0.717, 1.165) is 73.8 Å². The molecule has 4 saturated carbocycles. The van der Waals surface area contributed by atoms with Crippen LogP contribution in [-0.2, 0) is 0 Å². The predicted molar refractivity (Wildman–Crippen MR) is 206 cm³/mol. The molecule has 2 N–H and O–H groups in total. The Hall–Kier alpha value is -4.54. The molecule has 0 bridgehead atoms. The summed E-state index contributed by atoms with van der Waals surface area (Å²) in [6.07, 6.45) is 17.0. The number of aromatic nitrogens is 4. The van der Waals surface area contributed by atoms with Crippen LogP contribution in [0.15, 0.2) is 85.7 Å². The summed E-state index contributed by atoms with van der Waals surface area (Å²) in [5, 5.41) is 22.6. The van der Waals surface area contributed by atoms with Gasteiger partial charge >= 0.3 is 0 Å². The molecule has 2 atom stereocenters. The number of imidazole rings is 2. The van der Waals surface area contributed by atoms with Crippen molar-refractivity contribution in [2.24, 2.45) is 11.8 Å². The van der Waals surface area contributed by atoms with Crippen LogP contribution in [-0.4, -0.2) is 29.0 Å². The first-order chi connectivity index (χ1) is 27.3. The highest BCUT2D eigenvalue weighted by molar-refractivity contribution is 5.51. The van der Waals surface area contributed by atoms with E-state index in [-0.39, 0.29) is 23.7 Å². The van der Waals surface area contributed by atoms with E-state index in [0.29, 0.717) is 23.0 Å². The molecule has 4 fully saturated rings. The van der Waals surface area contributed by atoms with Gasteiger partial charge in [0.1, 0.15) is 0 Å². The van der Waals surface area contributed by atoms with Crippen LogP contribution >= 0.6 is 0 Å². The lowest BCUT2D eigenvalue weighted by Crippen LogP contribution is -2.23. The van der Waals surface area contributed by atoms with Crippen molar-refractivity contribution in [2.45, 2.75) is 113 Å². The number of nitrogens with zero attached hydrogens (tertiary/aromatic N) is 4. The first-order valence-electron chi connectivity index (χ1n) is 20.4. The number of hydrogen-bond donors (Lipinski definition) is 2. The summed E-state index contributed by atoms with van der Waals surface area (Å²) >= 11 is 0. The van der Waals surface area contributed by atoms with E-state index in [1.807, 2.05) is 21.2 Å². The molecular formula is C46H48F4N4O2. The molecular weight excluding hydrogens is 717 g/mol. The lowest BCUT2D eigenvalue weighted by molar-refractivity contribution is 0.0750. The topological polar surface area (TPSA) is 75.1 Å². The average molecular weight is 765 g/mol. The van der Waals surface area contributed by atoms with Crippen LogP contribution in [0.4, 0.5) is 17.6 Å². The Kier molecular flexibility index (Phi) is 10.2. The Morgan fingerprint density at radius 1 is 0.464 bits per heavy atom. The second-order valence-corrected chi connectivity index (χ2v) is 16.7. The highest BCUT2D eigenvalue weighted by Gasteiger charge is 2.37. The van der Waals surface area contributed by atoms with Crippen molar-refractivity contribution < 1.29 is 27.8 Å². The number of rotatable bonds is 8. The SMILES string of the molecule is O[C@@H](c1c(C2CC2)ccc2cncn12)C1CCC(c2cccc(F)c2F)CC1.O[C@H](c1c(C2CC2)ccc2cncn12)C1CCC(c2cccc(F)c2F)CC1. The van der Waals surface area contributed by atoms with Gasteiger partial charge in [0.25, 0.3) is 0 Å². The fraction of sp³-hybridized carbons (Fsp3) is 0.435. The van der Waals surface area contributed by atoms with Gasteiger partial charge in [-0.1, -0.05) is 36.4 Å². The minimum absolute atomic E-state index is 0.0195. The average Bonchev–Trinajstić information content (AvgIpc) is 4.16. The number of fused-ring (bicyclic) bond motifs is 2. The fourth-order valence-electron chi connectivity index (χ4n) is 9.77. The number of pyridine rings is 2. The summed E-state index contributed by atoms with van der Waals surface area (Å²) in [5.74, 6) is -1.63. The second-order valence-electron chi connectivity index (χ2n) is 16.7. The highest BCUT2D eigenvalue weighted by atomic mass is 19.2. The summed E-state index contributed by atoms with van der Waals surface area (Å²) in [6, 6.07) is 17.3. The molecule has 6 nitrogen and oxygen atoms in total. The zero-order valence-corrected chi connectivity index (χ0v) is 31.4. The molecule has 4 aliphatic rings. The Labute approximate surface area is 324 Å². The van der Waals surface area contributed by atoms with E-state index in [1.165, 1.54) is 48.9 Å². The van der Waals surface area contributed by atoms with Gasteiger partial charge < -0.3 is 19.0 Å². The van der Waals surface area contributed by atoms with Crippen molar-refractivity contribution in [1.82, 2.24) is 18.8 Å². The number of aliphatic hydroxyl groups excluding tert-OH is 2. The molecule has 4 aliphatic carbocycles. The van der Waals surface area contributed by atoms with Crippen LogP contribution < -0.4 is 0 Å². The molecule has 0 unspecified atom stereocenters. The fourth-order valence-corrected chi connectivity index (χ4v) is 9.77. The largest absolute Gasteiger partial charge is 0.387 e. The third-order valence-corrected chi connectivity index (χ3v) is 13.2. The van der Waals surface area contributed by atoms with Crippen molar-refractivity contribution in [3.8, 4) is 0 Å². The molecule has 4 heterocycles. The lowest BCUT2D eigenvalue weighted by atomic mass is 9.75. The minimum Gasteiger partial charge on any atom is -0.387 e. The molecule has 10 rings (SSSR count). The van der Waals surface area contributed by atoms with E-state index in [4.69, 9.17) is 0 Å². The first-order valence-corrected chi connectivity index (χ1v) is 20.4. The van der Waals surface area contributed by atoms with E-state index >= 15 is 0 Å². The van der Waals surface area contributed by atoms with E-state index in [1.54, 1.807) is 36.9 Å². The van der Waals surface area contributed by atoms with E-state index < -0.39 is 35.5 Å². The van der Waals surface area contributed by atoms with Crippen molar-refractivity contribution in [2.75, 3.05) is 0 Å². The molecule has 4 aromatic heterocycles. The van der Waals surface area contributed by atoms with Gasteiger partial charge in [-0.3, -0.25) is 0 Å². The van der Waals surface area contributed by atoms with Gasteiger partial charge in [-0.2, -0.15) is 0 Å². The molecule has 56 heavy (non-hydrogen) atoms. The van der Waals surface area contributed by atoms with Gasteiger partial charge in [0.05, 0.1) is 59.7 Å². The van der Waals surface area contributed by atoms with E-state index in [9.17, 15) is 27.8 Å². The molecule has 292 valence electrons. The maximum atomic E-state index is 14.2. The Morgan fingerprint density at radius 3 is 1.20 bits per heavy atom. The van der Waals surface area contributed by atoms with Gasteiger partial charge in [0.15, 0.2) is 23.3 Å². The van der Waals surface area contributed by atoms with Gasteiger partial charge in [-0.05, 0) is 159 Å². The second kappa shape index (κ2) is 15.4. The third-order valence-electron chi connectivity index (χ3n) is 13.2. The van der Waals surface area contributed by atoms with Crippen molar-refractivity contribution in [3.63, 3.8) is 0 Å². The maximum Gasteiger partial charge on any atom is 0.162 e. The third kappa shape index (κ3) is 7.15. The summed E-state index contributed by atoms with van der Waals surface area (Å²) in [7, 11) is 0. The Morgan fingerprint density at radius 2 is 0.821 bits per heavy atom. The van der Waals surface area contributed by atoms with Gasteiger partial charge in [0.2, 0.25) is 0 Å².